The Labute approximate surface area is 173 Å². The lowest BCUT2D eigenvalue weighted by molar-refractivity contribution is 0.281. The van der Waals surface area contributed by atoms with E-state index < -0.39 is 0 Å². The van der Waals surface area contributed by atoms with E-state index in [1.165, 1.54) is 0 Å². The zero-order valence-electron chi connectivity index (χ0n) is 14.6. The van der Waals surface area contributed by atoms with Gasteiger partial charge >= 0.3 is 0 Å². The van der Waals surface area contributed by atoms with Gasteiger partial charge in [-0.3, -0.25) is 0 Å². The third-order valence-electron chi connectivity index (χ3n) is 3.97. The molecule has 3 aromatic carbocycles. The van der Waals surface area contributed by atoms with Crippen LogP contribution < -0.4 is 14.8 Å². The lowest BCUT2D eigenvalue weighted by Crippen LogP contribution is -2.05. The summed E-state index contributed by atoms with van der Waals surface area (Å²) >= 11 is 18.2. The summed E-state index contributed by atoms with van der Waals surface area (Å²) in [6.45, 7) is 0.912. The van der Waals surface area contributed by atoms with Crippen molar-refractivity contribution in [1.82, 2.24) is 0 Å². The molecule has 0 spiro atoms. The lowest BCUT2D eigenvalue weighted by atomic mass is 10.1. The van der Waals surface area contributed by atoms with Gasteiger partial charge in [0.05, 0.1) is 17.8 Å². The number of ether oxygens (including phenoxy) is 2. The van der Waals surface area contributed by atoms with Crippen molar-refractivity contribution >= 4 is 40.5 Å². The molecule has 0 heterocycles. The second kappa shape index (κ2) is 9.23. The molecule has 3 nitrogen and oxygen atoms in total. The summed E-state index contributed by atoms with van der Waals surface area (Å²) in [6, 6.07) is 18.6. The van der Waals surface area contributed by atoms with E-state index in [0.29, 0.717) is 39.7 Å². The minimum atomic E-state index is 0.405. The van der Waals surface area contributed by atoms with Gasteiger partial charge in [0.25, 0.3) is 0 Å². The second-order valence-corrected chi connectivity index (χ2v) is 7.12. The van der Waals surface area contributed by atoms with E-state index in [4.69, 9.17) is 44.3 Å². The van der Waals surface area contributed by atoms with Crippen LogP contribution in [0.15, 0.2) is 60.7 Å². The Balaban J connectivity index is 1.78. The van der Waals surface area contributed by atoms with E-state index >= 15 is 0 Å². The Morgan fingerprint density at radius 2 is 1.63 bits per heavy atom. The molecule has 3 rings (SSSR count). The van der Waals surface area contributed by atoms with Gasteiger partial charge in [0.2, 0.25) is 0 Å². The monoisotopic (exact) mass is 421 g/mol. The molecule has 27 heavy (non-hydrogen) atoms. The first kappa shape index (κ1) is 19.7. The molecule has 0 aliphatic heterocycles. The third kappa shape index (κ3) is 5.23. The smallest absolute Gasteiger partial charge is 0.166 e. The number of hydrogen-bond acceptors (Lipinski definition) is 3. The average molecular weight is 423 g/mol. The highest BCUT2D eigenvalue weighted by molar-refractivity contribution is 6.35. The number of nitrogens with one attached hydrogen (secondary N) is 1. The summed E-state index contributed by atoms with van der Waals surface area (Å²) in [5, 5.41) is 5.21. The van der Waals surface area contributed by atoms with Crippen LogP contribution in [0.25, 0.3) is 0 Å². The van der Waals surface area contributed by atoms with Crippen molar-refractivity contribution in [2.24, 2.45) is 0 Å². The van der Waals surface area contributed by atoms with Gasteiger partial charge in [-0.05, 0) is 42.0 Å². The van der Waals surface area contributed by atoms with Gasteiger partial charge in [0, 0.05) is 22.2 Å². The summed E-state index contributed by atoms with van der Waals surface area (Å²) in [5.41, 5.74) is 2.72. The summed E-state index contributed by atoms with van der Waals surface area (Å²) in [6.07, 6.45) is 0. The van der Waals surface area contributed by atoms with Crippen molar-refractivity contribution in [3.63, 3.8) is 0 Å². The fourth-order valence-electron chi connectivity index (χ4n) is 2.58. The molecule has 0 amide bonds. The van der Waals surface area contributed by atoms with Crippen LogP contribution in [0.5, 0.6) is 11.5 Å². The van der Waals surface area contributed by atoms with Crippen LogP contribution in [0.2, 0.25) is 15.1 Å². The number of benzene rings is 3. The van der Waals surface area contributed by atoms with E-state index in [9.17, 15) is 0 Å². The molecular formula is C21H18Cl3NO2. The normalized spacial score (nSPS) is 10.5. The fraction of sp³-hybridized carbons (Fsp3) is 0.143. The van der Waals surface area contributed by atoms with Crippen molar-refractivity contribution in [2.75, 3.05) is 12.4 Å². The van der Waals surface area contributed by atoms with Crippen LogP contribution in [0, 0.1) is 0 Å². The van der Waals surface area contributed by atoms with Crippen molar-refractivity contribution in [1.29, 1.82) is 0 Å². The first-order valence-corrected chi connectivity index (χ1v) is 9.42. The van der Waals surface area contributed by atoms with Crippen LogP contribution in [0.3, 0.4) is 0 Å². The highest BCUT2D eigenvalue weighted by Gasteiger charge is 2.12. The van der Waals surface area contributed by atoms with E-state index in [1.807, 2.05) is 42.5 Å². The fourth-order valence-corrected chi connectivity index (χ4v) is 3.07. The average Bonchev–Trinajstić information content (AvgIpc) is 2.68. The molecule has 140 valence electrons. The minimum absolute atomic E-state index is 0.405. The largest absolute Gasteiger partial charge is 0.493 e. The van der Waals surface area contributed by atoms with E-state index in [-0.39, 0.29) is 0 Å². The number of para-hydroxylation sites is 1. The first-order chi connectivity index (χ1) is 13.1. The predicted molar refractivity (Wildman–Crippen MR) is 113 cm³/mol. The molecule has 6 heteroatoms. The molecule has 0 saturated carbocycles. The Kier molecular flexibility index (Phi) is 6.73. The minimum Gasteiger partial charge on any atom is -0.493 e. The summed E-state index contributed by atoms with van der Waals surface area (Å²) in [4.78, 5) is 0. The van der Waals surface area contributed by atoms with Gasteiger partial charge in [-0.15, -0.1) is 0 Å². The van der Waals surface area contributed by atoms with Crippen molar-refractivity contribution in [2.45, 2.75) is 13.2 Å². The third-order valence-corrected chi connectivity index (χ3v) is 4.79. The maximum Gasteiger partial charge on any atom is 0.166 e. The number of methoxy groups -OCH3 is 1. The molecule has 1 N–H and O–H groups in total. The second-order valence-electron chi connectivity index (χ2n) is 5.84. The zero-order chi connectivity index (χ0) is 19.2. The zero-order valence-corrected chi connectivity index (χ0v) is 16.9. The molecule has 0 radical (unpaired) electrons. The highest BCUT2D eigenvalue weighted by Crippen LogP contribution is 2.33. The van der Waals surface area contributed by atoms with Gasteiger partial charge in [-0.1, -0.05) is 59.1 Å². The van der Waals surface area contributed by atoms with E-state index in [0.717, 1.165) is 16.8 Å². The predicted octanol–water partition coefficient (Wildman–Crippen LogP) is 6.85. The quantitative estimate of drug-likeness (QED) is 0.452. The van der Waals surface area contributed by atoms with Gasteiger partial charge in [-0.2, -0.15) is 0 Å². The first-order valence-electron chi connectivity index (χ1n) is 8.29. The molecule has 0 fully saturated rings. The van der Waals surface area contributed by atoms with Gasteiger partial charge in [0.1, 0.15) is 6.61 Å². The summed E-state index contributed by atoms with van der Waals surface area (Å²) < 4.78 is 11.5. The Morgan fingerprint density at radius 3 is 2.37 bits per heavy atom. The molecular weight excluding hydrogens is 405 g/mol. The van der Waals surface area contributed by atoms with Crippen molar-refractivity contribution in [3.05, 3.63) is 86.9 Å². The van der Waals surface area contributed by atoms with Crippen molar-refractivity contribution in [3.8, 4) is 11.5 Å². The molecule has 0 aliphatic rings. The molecule has 0 atom stereocenters. The topological polar surface area (TPSA) is 30.5 Å². The summed E-state index contributed by atoms with van der Waals surface area (Å²) in [7, 11) is 1.62. The van der Waals surface area contributed by atoms with E-state index in [2.05, 4.69) is 5.32 Å². The Hall–Kier alpha value is -2.07. The standard InChI is InChI=1S/C21H18Cl3NO2/c1-26-20-4-2-3-15(12-25-19-11-17(23)9-10-18(19)24)21(20)27-13-14-5-7-16(22)8-6-14/h2-11,25H,12-13H2,1H3. The van der Waals surface area contributed by atoms with Crippen molar-refractivity contribution < 1.29 is 9.47 Å². The van der Waals surface area contributed by atoms with Crippen LogP contribution in [0.4, 0.5) is 5.69 Å². The Morgan fingerprint density at radius 1 is 0.889 bits per heavy atom. The van der Waals surface area contributed by atoms with Gasteiger partial charge in [-0.25, -0.2) is 0 Å². The number of halogens is 3. The van der Waals surface area contributed by atoms with Crippen LogP contribution in [-0.2, 0) is 13.2 Å². The number of rotatable bonds is 7. The number of anilines is 1. The maximum absolute atomic E-state index is 6.23. The van der Waals surface area contributed by atoms with Gasteiger partial charge in [0.15, 0.2) is 11.5 Å². The SMILES string of the molecule is COc1cccc(CNc2cc(Cl)ccc2Cl)c1OCc1ccc(Cl)cc1. The molecule has 0 unspecified atom stereocenters. The Bertz CT molecular complexity index is 914. The molecule has 0 aromatic heterocycles. The van der Waals surface area contributed by atoms with Crippen LogP contribution >= 0.6 is 34.8 Å². The molecule has 3 aromatic rings. The number of hydrogen-bond donors (Lipinski definition) is 1. The highest BCUT2D eigenvalue weighted by atomic mass is 35.5. The molecule has 0 aliphatic carbocycles. The lowest BCUT2D eigenvalue weighted by Gasteiger charge is -2.16. The van der Waals surface area contributed by atoms with E-state index in [1.54, 1.807) is 25.3 Å². The van der Waals surface area contributed by atoms with Crippen LogP contribution in [-0.4, -0.2) is 7.11 Å². The summed E-state index contributed by atoms with van der Waals surface area (Å²) in [5.74, 6) is 1.35. The maximum atomic E-state index is 6.23. The van der Waals surface area contributed by atoms with Crippen LogP contribution in [0.1, 0.15) is 11.1 Å². The molecule has 0 bridgehead atoms. The molecule has 0 saturated heterocycles. The van der Waals surface area contributed by atoms with Gasteiger partial charge < -0.3 is 14.8 Å².